The first-order valence-corrected chi connectivity index (χ1v) is 6.34. The summed E-state index contributed by atoms with van der Waals surface area (Å²) in [4.78, 5) is 4.17. The number of nitriles is 1. The number of hydrogen-bond donors (Lipinski definition) is 1. The molecule has 0 fully saturated rings. The molecular formula is C11H8BrN3S. The van der Waals surface area contributed by atoms with Crippen LogP contribution in [0.3, 0.4) is 0 Å². The van der Waals surface area contributed by atoms with Crippen molar-refractivity contribution in [2.75, 3.05) is 5.32 Å². The number of benzene rings is 1. The van der Waals surface area contributed by atoms with Gasteiger partial charge in [0.2, 0.25) is 0 Å². The van der Waals surface area contributed by atoms with Gasteiger partial charge in [0.15, 0.2) is 0 Å². The molecule has 0 bridgehead atoms. The lowest BCUT2D eigenvalue weighted by Gasteiger charge is -2.06. The number of halogens is 1. The molecule has 5 heteroatoms. The second-order valence-corrected chi connectivity index (χ2v) is 4.77. The van der Waals surface area contributed by atoms with Crippen molar-refractivity contribution in [3.8, 4) is 6.07 Å². The summed E-state index contributed by atoms with van der Waals surface area (Å²) in [5.41, 5.74) is 4.24. The Labute approximate surface area is 106 Å². The molecule has 0 aliphatic heterocycles. The van der Waals surface area contributed by atoms with Crippen molar-refractivity contribution in [1.82, 2.24) is 4.98 Å². The number of anilines is 1. The minimum absolute atomic E-state index is 0.629. The first kappa shape index (κ1) is 11.1. The predicted molar refractivity (Wildman–Crippen MR) is 68.3 cm³/mol. The molecule has 3 nitrogen and oxygen atoms in total. The summed E-state index contributed by atoms with van der Waals surface area (Å²) in [6.07, 6.45) is 0. The summed E-state index contributed by atoms with van der Waals surface area (Å²) < 4.78 is 0.906. The van der Waals surface area contributed by atoms with Gasteiger partial charge in [0.05, 0.1) is 29.0 Å². The second kappa shape index (κ2) is 5.10. The van der Waals surface area contributed by atoms with Gasteiger partial charge >= 0.3 is 0 Å². The fourth-order valence-electron chi connectivity index (χ4n) is 1.27. The van der Waals surface area contributed by atoms with E-state index >= 15 is 0 Å². The number of rotatable bonds is 3. The third-order valence-corrected chi connectivity index (χ3v) is 3.17. The highest BCUT2D eigenvalue weighted by Gasteiger charge is 2.02. The van der Waals surface area contributed by atoms with Gasteiger partial charge < -0.3 is 5.32 Å². The van der Waals surface area contributed by atoms with E-state index in [1.54, 1.807) is 22.9 Å². The van der Waals surface area contributed by atoms with E-state index in [1.165, 1.54) is 0 Å². The van der Waals surface area contributed by atoms with Crippen molar-refractivity contribution in [1.29, 1.82) is 5.26 Å². The van der Waals surface area contributed by atoms with Crippen LogP contribution in [0.4, 0.5) is 5.69 Å². The molecule has 0 amide bonds. The minimum atomic E-state index is 0.629. The van der Waals surface area contributed by atoms with Crippen LogP contribution in [0.2, 0.25) is 0 Å². The third kappa shape index (κ3) is 2.60. The molecule has 2 rings (SSSR count). The quantitative estimate of drug-likeness (QED) is 0.944. The van der Waals surface area contributed by atoms with Gasteiger partial charge in [-0.2, -0.15) is 5.26 Å². The molecule has 0 unspecified atom stereocenters. The summed E-state index contributed by atoms with van der Waals surface area (Å²) >= 11 is 4.90. The summed E-state index contributed by atoms with van der Waals surface area (Å²) in [6, 6.07) is 7.74. The number of nitrogens with one attached hydrogen (secondary N) is 1. The lowest BCUT2D eigenvalue weighted by molar-refractivity contribution is 1.07. The predicted octanol–water partition coefficient (Wildman–Crippen LogP) is 3.39. The molecule has 1 N–H and O–H groups in total. The van der Waals surface area contributed by atoms with Crippen LogP contribution in [0.5, 0.6) is 0 Å². The number of nitrogens with zero attached hydrogens (tertiary/aromatic N) is 2. The molecule has 0 spiro atoms. The Morgan fingerprint density at radius 1 is 1.50 bits per heavy atom. The molecule has 1 heterocycles. The van der Waals surface area contributed by atoms with Crippen molar-refractivity contribution in [2.24, 2.45) is 0 Å². The van der Waals surface area contributed by atoms with E-state index in [0.717, 1.165) is 15.9 Å². The number of thiazole rings is 1. The van der Waals surface area contributed by atoms with E-state index < -0.39 is 0 Å². The van der Waals surface area contributed by atoms with Gasteiger partial charge in [-0.05, 0) is 18.2 Å². The van der Waals surface area contributed by atoms with Gasteiger partial charge in [0.1, 0.15) is 6.07 Å². The smallest absolute Gasteiger partial charge is 0.101 e. The van der Waals surface area contributed by atoms with E-state index in [-0.39, 0.29) is 0 Å². The Morgan fingerprint density at radius 2 is 2.38 bits per heavy atom. The molecule has 16 heavy (non-hydrogen) atoms. The molecule has 2 aromatic rings. The van der Waals surface area contributed by atoms with Crippen LogP contribution in [-0.4, -0.2) is 4.98 Å². The van der Waals surface area contributed by atoms with Gasteiger partial charge in [-0.3, -0.25) is 0 Å². The van der Waals surface area contributed by atoms with Crippen LogP contribution in [0.25, 0.3) is 0 Å². The first-order chi connectivity index (χ1) is 7.79. The summed E-state index contributed by atoms with van der Waals surface area (Å²) in [7, 11) is 0. The minimum Gasteiger partial charge on any atom is -0.378 e. The Bertz CT molecular complexity index is 517. The summed E-state index contributed by atoms with van der Waals surface area (Å²) in [5, 5.41) is 14.2. The highest BCUT2D eigenvalue weighted by atomic mass is 79.9. The van der Waals surface area contributed by atoms with Gasteiger partial charge in [0, 0.05) is 9.85 Å². The fraction of sp³-hybridized carbons (Fsp3) is 0.0909. The van der Waals surface area contributed by atoms with E-state index in [0.29, 0.717) is 12.1 Å². The SMILES string of the molecule is N#Cc1cc(Br)ccc1NCc1cscn1. The molecule has 1 aromatic heterocycles. The average Bonchev–Trinajstić information content (AvgIpc) is 2.80. The maximum atomic E-state index is 8.98. The lowest BCUT2D eigenvalue weighted by Crippen LogP contribution is -2.01. The van der Waals surface area contributed by atoms with Crippen molar-refractivity contribution in [3.05, 3.63) is 44.8 Å². The third-order valence-electron chi connectivity index (χ3n) is 2.05. The van der Waals surface area contributed by atoms with Gasteiger partial charge in [0.25, 0.3) is 0 Å². The van der Waals surface area contributed by atoms with E-state index in [4.69, 9.17) is 5.26 Å². The van der Waals surface area contributed by atoms with Crippen molar-refractivity contribution >= 4 is 33.0 Å². The standard InChI is InChI=1S/C11H8BrN3S/c12-9-1-2-11(8(3-9)4-13)14-5-10-6-16-7-15-10/h1-3,6-7,14H,5H2. The van der Waals surface area contributed by atoms with Crippen molar-refractivity contribution in [3.63, 3.8) is 0 Å². The van der Waals surface area contributed by atoms with Crippen LogP contribution in [-0.2, 0) is 6.54 Å². The molecule has 0 radical (unpaired) electrons. The molecule has 1 aromatic carbocycles. The maximum absolute atomic E-state index is 8.98. The van der Waals surface area contributed by atoms with E-state index in [1.807, 2.05) is 17.5 Å². The largest absolute Gasteiger partial charge is 0.378 e. The zero-order valence-electron chi connectivity index (χ0n) is 8.27. The van der Waals surface area contributed by atoms with Crippen LogP contribution in [0, 0.1) is 11.3 Å². The Balaban J connectivity index is 2.13. The molecule has 0 atom stereocenters. The topological polar surface area (TPSA) is 48.7 Å². The van der Waals surface area contributed by atoms with E-state index in [2.05, 4.69) is 32.3 Å². The Hall–Kier alpha value is -1.38. The highest BCUT2D eigenvalue weighted by Crippen LogP contribution is 2.20. The van der Waals surface area contributed by atoms with Crippen LogP contribution in [0.1, 0.15) is 11.3 Å². The fourth-order valence-corrected chi connectivity index (χ4v) is 2.19. The van der Waals surface area contributed by atoms with Gasteiger partial charge in [-0.15, -0.1) is 11.3 Å². The monoisotopic (exact) mass is 293 g/mol. The normalized spacial score (nSPS) is 9.75. The van der Waals surface area contributed by atoms with Crippen LogP contribution < -0.4 is 5.32 Å². The molecule has 0 aliphatic rings. The molecule has 0 aliphatic carbocycles. The maximum Gasteiger partial charge on any atom is 0.101 e. The molecule has 0 saturated heterocycles. The zero-order valence-corrected chi connectivity index (χ0v) is 10.7. The zero-order chi connectivity index (χ0) is 11.4. The summed E-state index contributed by atoms with van der Waals surface area (Å²) in [6.45, 7) is 0.639. The summed E-state index contributed by atoms with van der Waals surface area (Å²) in [5.74, 6) is 0. The second-order valence-electron chi connectivity index (χ2n) is 3.14. The van der Waals surface area contributed by atoms with Gasteiger partial charge in [-0.1, -0.05) is 15.9 Å². The molecular weight excluding hydrogens is 286 g/mol. The van der Waals surface area contributed by atoms with Gasteiger partial charge in [-0.25, -0.2) is 4.98 Å². The van der Waals surface area contributed by atoms with Crippen molar-refractivity contribution in [2.45, 2.75) is 6.54 Å². The van der Waals surface area contributed by atoms with Crippen molar-refractivity contribution < 1.29 is 0 Å². The van der Waals surface area contributed by atoms with E-state index in [9.17, 15) is 0 Å². The average molecular weight is 294 g/mol. The highest BCUT2D eigenvalue weighted by molar-refractivity contribution is 9.10. The molecule has 80 valence electrons. The Kier molecular flexibility index (Phi) is 3.54. The Morgan fingerprint density at radius 3 is 3.06 bits per heavy atom. The number of aromatic nitrogens is 1. The first-order valence-electron chi connectivity index (χ1n) is 4.60. The molecule has 0 saturated carbocycles. The van der Waals surface area contributed by atoms with Crippen LogP contribution in [0.15, 0.2) is 33.6 Å². The van der Waals surface area contributed by atoms with Crippen LogP contribution >= 0.6 is 27.3 Å². The number of hydrogen-bond acceptors (Lipinski definition) is 4. The lowest BCUT2D eigenvalue weighted by atomic mass is 10.2.